The highest BCUT2D eigenvalue weighted by Gasteiger charge is 2.05. The van der Waals surface area contributed by atoms with Crippen molar-refractivity contribution in [2.45, 2.75) is 26.4 Å². The van der Waals surface area contributed by atoms with E-state index in [0.717, 1.165) is 15.9 Å². The molecule has 2 rings (SSSR count). The number of hydrogen-bond donors (Lipinski definition) is 1. The van der Waals surface area contributed by atoms with E-state index in [1.807, 2.05) is 29.1 Å². The topological polar surface area (TPSA) is 53.6 Å². The van der Waals surface area contributed by atoms with Crippen LogP contribution in [0.3, 0.4) is 0 Å². The standard InChI is InChI=1S/C14H15BrN4/c1-10(2)19-6-5-13(18-19)9-17-14-7-12(15)4-3-11(14)8-16/h3-7,10,17H,9H2,1-2H3. The first kappa shape index (κ1) is 13.6. The third-order valence-electron chi connectivity index (χ3n) is 2.75. The lowest BCUT2D eigenvalue weighted by molar-refractivity contribution is 0.527. The van der Waals surface area contributed by atoms with Crippen molar-refractivity contribution in [3.8, 4) is 6.07 Å². The van der Waals surface area contributed by atoms with Crippen LogP contribution in [-0.4, -0.2) is 9.78 Å². The predicted octanol–water partition coefficient (Wildman–Crippen LogP) is 3.71. The van der Waals surface area contributed by atoms with E-state index in [1.54, 1.807) is 6.07 Å². The van der Waals surface area contributed by atoms with E-state index >= 15 is 0 Å². The normalized spacial score (nSPS) is 10.5. The minimum atomic E-state index is 0.356. The molecule has 0 saturated carbocycles. The highest BCUT2D eigenvalue weighted by Crippen LogP contribution is 2.21. The van der Waals surface area contributed by atoms with Crippen molar-refractivity contribution in [2.24, 2.45) is 0 Å². The number of aromatic nitrogens is 2. The fourth-order valence-corrected chi connectivity index (χ4v) is 2.07. The van der Waals surface area contributed by atoms with Gasteiger partial charge in [-0.1, -0.05) is 15.9 Å². The maximum Gasteiger partial charge on any atom is 0.101 e. The molecule has 0 bridgehead atoms. The second kappa shape index (κ2) is 5.89. The SMILES string of the molecule is CC(C)n1ccc(CNc2cc(Br)ccc2C#N)n1. The third kappa shape index (κ3) is 3.36. The summed E-state index contributed by atoms with van der Waals surface area (Å²) >= 11 is 3.41. The maximum absolute atomic E-state index is 9.06. The fraction of sp³-hybridized carbons (Fsp3) is 0.286. The van der Waals surface area contributed by atoms with Crippen LogP contribution in [0.25, 0.3) is 0 Å². The lowest BCUT2D eigenvalue weighted by atomic mass is 10.2. The van der Waals surface area contributed by atoms with Gasteiger partial charge in [-0.25, -0.2) is 0 Å². The Morgan fingerprint density at radius 1 is 1.42 bits per heavy atom. The monoisotopic (exact) mass is 318 g/mol. The van der Waals surface area contributed by atoms with Crippen molar-refractivity contribution in [1.82, 2.24) is 9.78 Å². The molecule has 5 heteroatoms. The largest absolute Gasteiger partial charge is 0.378 e. The second-order valence-electron chi connectivity index (χ2n) is 4.54. The summed E-state index contributed by atoms with van der Waals surface area (Å²) in [6, 6.07) is 10.1. The van der Waals surface area contributed by atoms with E-state index in [-0.39, 0.29) is 0 Å². The molecule has 0 radical (unpaired) electrons. The average Bonchev–Trinajstić information content (AvgIpc) is 2.85. The van der Waals surface area contributed by atoms with Gasteiger partial charge in [0.25, 0.3) is 0 Å². The molecule has 0 saturated heterocycles. The molecule has 0 aliphatic rings. The molecule has 1 aromatic carbocycles. The second-order valence-corrected chi connectivity index (χ2v) is 5.45. The number of nitriles is 1. The number of benzene rings is 1. The van der Waals surface area contributed by atoms with Crippen LogP contribution in [0.15, 0.2) is 34.9 Å². The Morgan fingerprint density at radius 2 is 2.21 bits per heavy atom. The number of rotatable bonds is 4. The van der Waals surface area contributed by atoms with Crippen LogP contribution in [0.4, 0.5) is 5.69 Å². The summed E-state index contributed by atoms with van der Waals surface area (Å²) in [7, 11) is 0. The van der Waals surface area contributed by atoms with Crippen LogP contribution < -0.4 is 5.32 Å². The molecule has 0 fully saturated rings. The Morgan fingerprint density at radius 3 is 2.84 bits per heavy atom. The van der Waals surface area contributed by atoms with E-state index in [1.165, 1.54) is 0 Å². The smallest absolute Gasteiger partial charge is 0.101 e. The highest BCUT2D eigenvalue weighted by molar-refractivity contribution is 9.10. The fourth-order valence-electron chi connectivity index (χ4n) is 1.71. The molecule has 0 atom stereocenters. The van der Waals surface area contributed by atoms with Crippen molar-refractivity contribution < 1.29 is 0 Å². The molecule has 0 aliphatic heterocycles. The summed E-state index contributed by atoms with van der Waals surface area (Å²) in [5, 5.41) is 16.8. The summed E-state index contributed by atoms with van der Waals surface area (Å²) in [4.78, 5) is 0. The van der Waals surface area contributed by atoms with Crippen molar-refractivity contribution >= 4 is 21.6 Å². The van der Waals surface area contributed by atoms with Crippen molar-refractivity contribution in [2.75, 3.05) is 5.32 Å². The van der Waals surface area contributed by atoms with Gasteiger partial charge < -0.3 is 5.32 Å². The van der Waals surface area contributed by atoms with E-state index in [0.29, 0.717) is 18.2 Å². The van der Waals surface area contributed by atoms with Crippen LogP contribution >= 0.6 is 15.9 Å². The van der Waals surface area contributed by atoms with Gasteiger partial charge in [0, 0.05) is 16.7 Å². The Labute approximate surface area is 121 Å². The molecule has 1 N–H and O–H groups in total. The Kier molecular flexibility index (Phi) is 4.23. The molecule has 0 spiro atoms. The van der Waals surface area contributed by atoms with Gasteiger partial charge in [-0.2, -0.15) is 10.4 Å². The summed E-state index contributed by atoms with van der Waals surface area (Å²) in [5.41, 5.74) is 2.40. The number of anilines is 1. The number of nitrogens with one attached hydrogen (secondary N) is 1. The minimum Gasteiger partial charge on any atom is -0.378 e. The number of hydrogen-bond acceptors (Lipinski definition) is 3. The molecular formula is C14H15BrN4. The molecule has 1 heterocycles. The first-order chi connectivity index (χ1) is 9.10. The zero-order chi connectivity index (χ0) is 13.8. The molecule has 98 valence electrons. The van der Waals surface area contributed by atoms with Crippen LogP contribution in [-0.2, 0) is 6.54 Å². The van der Waals surface area contributed by atoms with Gasteiger partial charge in [0.2, 0.25) is 0 Å². The molecule has 0 unspecified atom stereocenters. The molecular weight excluding hydrogens is 304 g/mol. The van der Waals surface area contributed by atoms with Crippen LogP contribution in [0.5, 0.6) is 0 Å². The van der Waals surface area contributed by atoms with Gasteiger partial charge in [0.15, 0.2) is 0 Å². The molecule has 0 amide bonds. The van der Waals surface area contributed by atoms with E-state index in [4.69, 9.17) is 5.26 Å². The van der Waals surface area contributed by atoms with Gasteiger partial charge in [-0.05, 0) is 38.1 Å². The highest BCUT2D eigenvalue weighted by atomic mass is 79.9. The van der Waals surface area contributed by atoms with Crippen LogP contribution in [0.2, 0.25) is 0 Å². The van der Waals surface area contributed by atoms with Gasteiger partial charge >= 0.3 is 0 Å². The predicted molar refractivity (Wildman–Crippen MR) is 78.8 cm³/mol. The summed E-state index contributed by atoms with van der Waals surface area (Å²) < 4.78 is 2.87. The first-order valence-corrected chi connectivity index (χ1v) is 6.87. The van der Waals surface area contributed by atoms with Gasteiger partial charge in [0.05, 0.1) is 23.5 Å². The first-order valence-electron chi connectivity index (χ1n) is 6.07. The Hall–Kier alpha value is -1.80. The molecule has 0 aliphatic carbocycles. The molecule has 19 heavy (non-hydrogen) atoms. The van der Waals surface area contributed by atoms with Crippen molar-refractivity contribution in [1.29, 1.82) is 5.26 Å². The summed E-state index contributed by atoms with van der Waals surface area (Å²) in [5.74, 6) is 0. The summed E-state index contributed by atoms with van der Waals surface area (Å²) in [6.07, 6.45) is 1.97. The zero-order valence-corrected chi connectivity index (χ0v) is 12.5. The maximum atomic E-state index is 9.06. The lowest BCUT2D eigenvalue weighted by Crippen LogP contribution is -2.05. The average molecular weight is 319 g/mol. The van der Waals surface area contributed by atoms with Crippen LogP contribution in [0, 0.1) is 11.3 Å². The quantitative estimate of drug-likeness (QED) is 0.934. The van der Waals surface area contributed by atoms with Crippen molar-refractivity contribution in [3.05, 3.63) is 46.2 Å². The van der Waals surface area contributed by atoms with E-state index in [9.17, 15) is 0 Å². The van der Waals surface area contributed by atoms with Gasteiger partial charge in [-0.15, -0.1) is 0 Å². The Balaban J connectivity index is 2.10. The van der Waals surface area contributed by atoms with Gasteiger partial charge in [-0.3, -0.25) is 4.68 Å². The zero-order valence-electron chi connectivity index (χ0n) is 10.9. The molecule has 4 nitrogen and oxygen atoms in total. The van der Waals surface area contributed by atoms with E-state index in [2.05, 4.69) is 46.3 Å². The number of halogens is 1. The third-order valence-corrected chi connectivity index (χ3v) is 3.25. The van der Waals surface area contributed by atoms with Crippen molar-refractivity contribution in [3.63, 3.8) is 0 Å². The van der Waals surface area contributed by atoms with Crippen LogP contribution in [0.1, 0.15) is 31.1 Å². The van der Waals surface area contributed by atoms with E-state index < -0.39 is 0 Å². The minimum absolute atomic E-state index is 0.356. The lowest BCUT2D eigenvalue weighted by Gasteiger charge is -2.07. The van der Waals surface area contributed by atoms with Gasteiger partial charge in [0.1, 0.15) is 6.07 Å². The molecule has 1 aromatic heterocycles. The number of nitrogens with zero attached hydrogens (tertiary/aromatic N) is 3. The Bertz CT molecular complexity index is 610. The molecule has 2 aromatic rings. The summed E-state index contributed by atoms with van der Waals surface area (Å²) in [6.45, 7) is 4.78.